The summed E-state index contributed by atoms with van der Waals surface area (Å²) in [5.41, 5.74) is 3.20. The minimum atomic E-state index is -0.601. The van der Waals surface area contributed by atoms with E-state index in [2.05, 4.69) is 49.9 Å². The quantitative estimate of drug-likeness (QED) is 0.443. The molecule has 29 heavy (non-hydrogen) atoms. The number of anilines is 1. The molecule has 1 amide bonds. The average Bonchev–Trinajstić information content (AvgIpc) is 3.05. The maximum Gasteiger partial charge on any atom is 0.340 e. The molecular weight excluding hydrogens is 434 g/mol. The molecule has 0 bridgehead atoms. The Kier molecular flexibility index (Phi) is 5.31. The van der Waals surface area contributed by atoms with Gasteiger partial charge in [0, 0.05) is 50.9 Å². The van der Waals surface area contributed by atoms with Crippen molar-refractivity contribution >= 4 is 55.3 Å². The second-order valence-corrected chi connectivity index (χ2v) is 7.43. The first-order chi connectivity index (χ1) is 14.1. The lowest BCUT2D eigenvalue weighted by atomic mass is 10.1. The Morgan fingerprint density at radius 2 is 1.86 bits per heavy atom. The molecule has 0 aliphatic rings. The van der Waals surface area contributed by atoms with Crippen LogP contribution < -0.4 is 5.32 Å². The molecule has 2 aromatic heterocycles. The molecule has 146 valence electrons. The van der Waals surface area contributed by atoms with Gasteiger partial charge in [-0.2, -0.15) is 0 Å². The Hall–Kier alpha value is -3.19. The Labute approximate surface area is 175 Å². The van der Waals surface area contributed by atoms with Gasteiger partial charge in [0.05, 0.1) is 5.56 Å². The van der Waals surface area contributed by atoms with E-state index in [1.807, 2.05) is 30.3 Å². The number of hydrogen-bond acceptors (Lipinski definition) is 4. The van der Waals surface area contributed by atoms with Crippen LogP contribution in [-0.4, -0.2) is 28.0 Å². The highest BCUT2D eigenvalue weighted by Crippen LogP contribution is 2.30. The Bertz CT molecular complexity index is 1230. The van der Waals surface area contributed by atoms with E-state index in [4.69, 9.17) is 4.74 Å². The average molecular weight is 452 g/mol. The van der Waals surface area contributed by atoms with Crippen molar-refractivity contribution in [2.24, 2.45) is 0 Å². The third kappa shape index (κ3) is 3.86. The Morgan fingerprint density at radius 1 is 1.07 bits per heavy atom. The van der Waals surface area contributed by atoms with E-state index in [0.717, 1.165) is 28.4 Å². The van der Waals surface area contributed by atoms with Gasteiger partial charge in [0.15, 0.2) is 6.61 Å². The number of fused-ring (bicyclic) bond motifs is 3. The molecule has 7 heteroatoms. The lowest BCUT2D eigenvalue weighted by molar-refractivity contribution is -0.119. The Morgan fingerprint density at radius 3 is 2.66 bits per heavy atom. The second-order valence-electron chi connectivity index (χ2n) is 6.51. The fraction of sp³-hybridized carbons (Fsp3) is 0.136. The molecule has 0 radical (unpaired) electrons. The van der Waals surface area contributed by atoms with Gasteiger partial charge in [0.1, 0.15) is 0 Å². The number of rotatable bonds is 5. The number of pyridine rings is 1. The summed E-state index contributed by atoms with van der Waals surface area (Å²) in [6.07, 6.45) is 2.96. The fourth-order valence-electron chi connectivity index (χ4n) is 3.41. The van der Waals surface area contributed by atoms with Crippen molar-refractivity contribution in [3.8, 4) is 0 Å². The molecule has 0 fully saturated rings. The van der Waals surface area contributed by atoms with Crippen molar-refractivity contribution in [2.45, 2.75) is 13.5 Å². The number of esters is 1. The van der Waals surface area contributed by atoms with Gasteiger partial charge in [-0.15, -0.1) is 0 Å². The summed E-state index contributed by atoms with van der Waals surface area (Å²) < 4.78 is 7.98. The van der Waals surface area contributed by atoms with Crippen molar-refractivity contribution in [3.63, 3.8) is 0 Å². The van der Waals surface area contributed by atoms with E-state index >= 15 is 0 Å². The number of halogens is 1. The molecule has 0 unspecified atom stereocenters. The number of benzene rings is 2. The van der Waals surface area contributed by atoms with Crippen LogP contribution in [0.25, 0.3) is 21.8 Å². The monoisotopic (exact) mass is 451 g/mol. The maximum atomic E-state index is 12.3. The minimum absolute atomic E-state index is 0.279. The molecule has 2 heterocycles. The molecule has 0 spiro atoms. The molecule has 6 nitrogen and oxygen atoms in total. The largest absolute Gasteiger partial charge is 0.452 e. The first-order valence-electron chi connectivity index (χ1n) is 9.15. The molecule has 0 aliphatic heterocycles. The van der Waals surface area contributed by atoms with Gasteiger partial charge in [-0.05, 0) is 53.2 Å². The van der Waals surface area contributed by atoms with Crippen molar-refractivity contribution < 1.29 is 14.3 Å². The van der Waals surface area contributed by atoms with Gasteiger partial charge in [-0.3, -0.25) is 9.78 Å². The van der Waals surface area contributed by atoms with E-state index in [1.165, 1.54) is 6.20 Å². The molecule has 0 aliphatic carbocycles. The number of para-hydroxylation sites is 1. The lowest BCUT2D eigenvalue weighted by Gasteiger charge is -2.08. The zero-order valence-corrected chi connectivity index (χ0v) is 17.3. The molecule has 2 aromatic carbocycles. The standard InChI is InChI=1S/C22H18BrN3O3/c1-2-26-19-6-4-3-5-17(19)18-10-16(7-8-20(18)26)25-21(27)13-29-22(28)14-9-15(23)12-24-11-14/h3-12H,2,13H2,1H3,(H,25,27). The third-order valence-electron chi connectivity index (χ3n) is 4.65. The van der Waals surface area contributed by atoms with E-state index < -0.39 is 11.9 Å². The summed E-state index contributed by atoms with van der Waals surface area (Å²) in [6.45, 7) is 2.59. The summed E-state index contributed by atoms with van der Waals surface area (Å²) in [5, 5.41) is 4.99. The van der Waals surface area contributed by atoms with Crippen molar-refractivity contribution in [1.82, 2.24) is 9.55 Å². The predicted molar refractivity (Wildman–Crippen MR) is 116 cm³/mol. The number of carbonyl (C=O) groups excluding carboxylic acids is 2. The zero-order valence-electron chi connectivity index (χ0n) is 15.7. The van der Waals surface area contributed by atoms with Crippen molar-refractivity contribution in [1.29, 1.82) is 0 Å². The van der Waals surface area contributed by atoms with Crippen LogP contribution in [0.1, 0.15) is 17.3 Å². The number of carbonyl (C=O) groups is 2. The molecule has 0 saturated heterocycles. The fourth-order valence-corrected chi connectivity index (χ4v) is 3.77. The van der Waals surface area contributed by atoms with E-state index in [-0.39, 0.29) is 12.2 Å². The van der Waals surface area contributed by atoms with Crippen LogP contribution in [0.4, 0.5) is 5.69 Å². The predicted octanol–water partition coefficient (Wildman–Crippen LogP) is 4.77. The number of amides is 1. The SMILES string of the molecule is CCn1c2ccccc2c2cc(NC(=O)COC(=O)c3cncc(Br)c3)ccc21. The highest BCUT2D eigenvalue weighted by Gasteiger charge is 2.13. The first-order valence-corrected chi connectivity index (χ1v) is 9.94. The summed E-state index contributed by atoms with van der Waals surface area (Å²) in [6, 6.07) is 15.6. The number of hydrogen-bond donors (Lipinski definition) is 1. The van der Waals surface area contributed by atoms with Crippen molar-refractivity contribution in [3.05, 3.63) is 71.0 Å². The summed E-state index contributed by atoms with van der Waals surface area (Å²) >= 11 is 3.25. The molecule has 0 saturated carbocycles. The number of ether oxygens (including phenoxy) is 1. The smallest absolute Gasteiger partial charge is 0.340 e. The molecular formula is C22H18BrN3O3. The summed E-state index contributed by atoms with van der Waals surface area (Å²) in [7, 11) is 0. The summed E-state index contributed by atoms with van der Waals surface area (Å²) in [5.74, 6) is -1.00. The van der Waals surface area contributed by atoms with Crippen LogP contribution >= 0.6 is 15.9 Å². The minimum Gasteiger partial charge on any atom is -0.452 e. The van der Waals surface area contributed by atoms with Gasteiger partial charge < -0.3 is 14.6 Å². The van der Waals surface area contributed by atoms with Gasteiger partial charge >= 0.3 is 5.97 Å². The van der Waals surface area contributed by atoms with E-state index in [9.17, 15) is 9.59 Å². The van der Waals surface area contributed by atoms with Gasteiger partial charge in [0.25, 0.3) is 5.91 Å². The van der Waals surface area contributed by atoms with Gasteiger partial charge in [0.2, 0.25) is 0 Å². The maximum absolute atomic E-state index is 12.3. The molecule has 4 rings (SSSR count). The number of nitrogens with one attached hydrogen (secondary N) is 1. The lowest BCUT2D eigenvalue weighted by Crippen LogP contribution is -2.21. The molecule has 4 aromatic rings. The second kappa shape index (κ2) is 8.05. The van der Waals surface area contributed by atoms with E-state index in [0.29, 0.717) is 10.2 Å². The van der Waals surface area contributed by atoms with Crippen LogP contribution in [0.2, 0.25) is 0 Å². The van der Waals surface area contributed by atoms with Crippen LogP contribution in [0, 0.1) is 0 Å². The Balaban J connectivity index is 1.50. The van der Waals surface area contributed by atoms with Crippen LogP contribution in [0.15, 0.2) is 65.4 Å². The van der Waals surface area contributed by atoms with E-state index in [1.54, 1.807) is 12.3 Å². The normalized spacial score (nSPS) is 11.0. The van der Waals surface area contributed by atoms with Gasteiger partial charge in [-0.25, -0.2) is 4.79 Å². The highest BCUT2D eigenvalue weighted by molar-refractivity contribution is 9.10. The van der Waals surface area contributed by atoms with Crippen LogP contribution in [-0.2, 0) is 16.1 Å². The highest BCUT2D eigenvalue weighted by atomic mass is 79.9. The van der Waals surface area contributed by atoms with Crippen molar-refractivity contribution in [2.75, 3.05) is 11.9 Å². The third-order valence-corrected chi connectivity index (χ3v) is 5.08. The molecule has 1 N–H and O–H groups in total. The number of nitrogens with zero attached hydrogens (tertiary/aromatic N) is 2. The summed E-state index contributed by atoms with van der Waals surface area (Å²) in [4.78, 5) is 28.2. The van der Waals surface area contributed by atoms with Gasteiger partial charge in [-0.1, -0.05) is 18.2 Å². The number of aryl methyl sites for hydroxylation is 1. The van der Waals surface area contributed by atoms with Crippen LogP contribution in [0.3, 0.4) is 0 Å². The first kappa shape index (κ1) is 19.1. The number of aromatic nitrogens is 2. The van der Waals surface area contributed by atoms with Crippen LogP contribution in [0.5, 0.6) is 0 Å². The topological polar surface area (TPSA) is 73.2 Å². The molecule has 0 atom stereocenters. The zero-order chi connectivity index (χ0) is 20.4.